The van der Waals surface area contributed by atoms with Gasteiger partial charge in [0.1, 0.15) is 0 Å². The Labute approximate surface area is 146 Å². The Hall–Kier alpha value is -1.39. The molecule has 24 heavy (non-hydrogen) atoms. The zero-order valence-electron chi connectivity index (χ0n) is 15.3. The average Bonchev–Trinajstić information content (AvgIpc) is 2.55. The summed E-state index contributed by atoms with van der Waals surface area (Å²) < 4.78 is 0. The van der Waals surface area contributed by atoms with Gasteiger partial charge in [-0.05, 0) is 45.1 Å². The fraction of sp³-hybridized carbons (Fsp3) is 0.650. The number of likely N-dealkylation sites (tertiary alicyclic amines) is 1. The lowest BCUT2D eigenvalue weighted by Gasteiger charge is -2.44. The van der Waals surface area contributed by atoms with Gasteiger partial charge in [-0.1, -0.05) is 37.3 Å². The normalized spacial score (nSPS) is 19.2. The molecule has 4 nitrogen and oxygen atoms in total. The summed E-state index contributed by atoms with van der Waals surface area (Å²) in [5.41, 5.74) is 1.06. The predicted octanol–water partition coefficient (Wildman–Crippen LogP) is 2.75. The fourth-order valence-corrected chi connectivity index (χ4v) is 3.51. The van der Waals surface area contributed by atoms with Crippen LogP contribution in [-0.4, -0.2) is 46.7 Å². The van der Waals surface area contributed by atoms with Gasteiger partial charge < -0.3 is 15.3 Å². The van der Waals surface area contributed by atoms with Crippen molar-refractivity contribution in [1.82, 2.24) is 10.2 Å². The van der Waals surface area contributed by atoms with Gasteiger partial charge in [0.05, 0.1) is 12.5 Å². The first-order chi connectivity index (χ1) is 11.4. The first-order valence-electron chi connectivity index (χ1n) is 9.21. The van der Waals surface area contributed by atoms with Crippen LogP contribution in [0.4, 0.5) is 0 Å². The molecule has 1 aliphatic rings. The van der Waals surface area contributed by atoms with Gasteiger partial charge >= 0.3 is 0 Å². The third-order valence-electron chi connectivity index (χ3n) is 5.17. The van der Waals surface area contributed by atoms with E-state index in [-0.39, 0.29) is 17.9 Å². The van der Waals surface area contributed by atoms with Crippen LogP contribution in [0.1, 0.15) is 52.0 Å². The lowest BCUT2D eigenvalue weighted by atomic mass is 9.81. The lowest BCUT2D eigenvalue weighted by molar-refractivity contribution is -0.125. The molecule has 0 radical (unpaired) electrons. The number of carbonyl (C=O) groups excluding carboxylic acids is 1. The molecule has 1 atom stereocenters. The Morgan fingerprint density at radius 2 is 1.88 bits per heavy atom. The molecule has 1 fully saturated rings. The van der Waals surface area contributed by atoms with Crippen molar-refractivity contribution in [3.8, 4) is 0 Å². The van der Waals surface area contributed by atoms with Crippen molar-refractivity contribution in [2.45, 2.75) is 70.6 Å². The lowest BCUT2D eigenvalue weighted by Crippen LogP contribution is -2.57. The van der Waals surface area contributed by atoms with Gasteiger partial charge in [0.15, 0.2) is 0 Å². The molecule has 4 heteroatoms. The van der Waals surface area contributed by atoms with Gasteiger partial charge in [0.25, 0.3) is 0 Å². The highest BCUT2D eigenvalue weighted by Crippen LogP contribution is 2.28. The highest BCUT2D eigenvalue weighted by molar-refractivity contribution is 5.77. The van der Waals surface area contributed by atoms with Crippen LogP contribution in [0.3, 0.4) is 0 Å². The minimum Gasteiger partial charge on any atom is -0.393 e. The number of rotatable bonds is 7. The minimum absolute atomic E-state index is 0.0294. The number of hydrogen-bond donors (Lipinski definition) is 2. The molecule has 1 saturated heterocycles. The second-order valence-electron chi connectivity index (χ2n) is 7.39. The molecule has 0 bridgehead atoms. The van der Waals surface area contributed by atoms with E-state index in [9.17, 15) is 9.90 Å². The van der Waals surface area contributed by atoms with Crippen LogP contribution in [0.15, 0.2) is 30.3 Å². The third kappa shape index (κ3) is 5.32. The Kier molecular flexibility index (Phi) is 6.81. The molecule has 1 aliphatic heterocycles. The molecule has 0 aliphatic carbocycles. The molecule has 1 aromatic carbocycles. The van der Waals surface area contributed by atoms with Crippen LogP contribution in [0.5, 0.6) is 0 Å². The summed E-state index contributed by atoms with van der Waals surface area (Å²) in [4.78, 5) is 14.9. The van der Waals surface area contributed by atoms with Crippen molar-refractivity contribution in [2.24, 2.45) is 0 Å². The predicted molar refractivity (Wildman–Crippen MR) is 97.9 cm³/mol. The van der Waals surface area contributed by atoms with Gasteiger partial charge in [-0.15, -0.1) is 0 Å². The Balaban J connectivity index is 2.08. The highest BCUT2D eigenvalue weighted by atomic mass is 16.3. The van der Waals surface area contributed by atoms with Crippen LogP contribution in [0.25, 0.3) is 0 Å². The smallest absolute Gasteiger partial charge is 0.223 e. The van der Waals surface area contributed by atoms with E-state index in [1.54, 1.807) is 0 Å². The molecule has 2 rings (SSSR count). The zero-order valence-corrected chi connectivity index (χ0v) is 15.3. The molecule has 1 amide bonds. The van der Waals surface area contributed by atoms with Crippen molar-refractivity contribution in [2.75, 3.05) is 13.1 Å². The molecule has 0 spiro atoms. The minimum atomic E-state index is -0.547. The maximum Gasteiger partial charge on any atom is 0.223 e. The van der Waals surface area contributed by atoms with Crippen LogP contribution in [-0.2, 0) is 11.2 Å². The van der Waals surface area contributed by atoms with Crippen molar-refractivity contribution < 1.29 is 9.90 Å². The summed E-state index contributed by atoms with van der Waals surface area (Å²) in [6.07, 6.45) is 3.02. The van der Waals surface area contributed by atoms with Gasteiger partial charge in [-0.2, -0.15) is 0 Å². The Morgan fingerprint density at radius 3 is 2.42 bits per heavy atom. The van der Waals surface area contributed by atoms with Gasteiger partial charge in [-0.3, -0.25) is 4.79 Å². The molecule has 1 unspecified atom stereocenters. The summed E-state index contributed by atoms with van der Waals surface area (Å²) in [5.74, 6) is -0.0294. The summed E-state index contributed by atoms with van der Waals surface area (Å²) in [5, 5.41) is 13.1. The van der Waals surface area contributed by atoms with E-state index in [1.165, 1.54) is 5.56 Å². The standard InChI is InChI=1S/C20H32N2O2/c1-4-18(23)14-19(24)21-20(15-17-8-6-5-7-9-17)10-12-22(13-11-20)16(2)3/h5-9,16,18,23H,4,10-15H2,1-3H3,(H,21,24). The van der Waals surface area contributed by atoms with Crippen LogP contribution >= 0.6 is 0 Å². The van der Waals surface area contributed by atoms with E-state index in [0.29, 0.717) is 12.5 Å². The quantitative estimate of drug-likeness (QED) is 0.807. The van der Waals surface area contributed by atoms with Crippen LogP contribution < -0.4 is 5.32 Å². The molecular weight excluding hydrogens is 300 g/mol. The van der Waals surface area contributed by atoms with Crippen molar-refractivity contribution in [3.63, 3.8) is 0 Å². The molecular formula is C20H32N2O2. The van der Waals surface area contributed by atoms with E-state index in [0.717, 1.165) is 32.4 Å². The largest absolute Gasteiger partial charge is 0.393 e. The topological polar surface area (TPSA) is 52.6 Å². The number of nitrogens with one attached hydrogen (secondary N) is 1. The number of benzene rings is 1. The summed E-state index contributed by atoms with van der Waals surface area (Å²) in [6.45, 7) is 8.35. The highest BCUT2D eigenvalue weighted by Gasteiger charge is 2.36. The van der Waals surface area contributed by atoms with E-state index >= 15 is 0 Å². The number of aliphatic hydroxyl groups excluding tert-OH is 1. The summed E-state index contributed by atoms with van der Waals surface area (Å²) in [7, 11) is 0. The Bertz CT molecular complexity index is 508. The maximum atomic E-state index is 12.4. The van der Waals surface area contributed by atoms with E-state index in [2.05, 4.69) is 48.3 Å². The second kappa shape index (κ2) is 8.63. The SMILES string of the molecule is CCC(O)CC(=O)NC1(Cc2ccccc2)CCN(C(C)C)CC1. The van der Waals surface area contributed by atoms with Gasteiger partial charge in [0.2, 0.25) is 5.91 Å². The number of piperidine rings is 1. The molecule has 134 valence electrons. The van der Waals surface area contributed by atoms with E-state index in [4.69, 9.17) is 0 Å². The second-order valence-corrected chi connectivity index (χ2v) is 7.39. The van der Waals surface area contributed by atoms with Crippen molar-refractivity contribution >= 4 is 5.91 Å². The first kappa shape index (κ1) is 18.9. The zero-order chi connectivity index (χ0) is 17.6. The monoisotopic (exact) mass is 332 g/mol. The molecule has 1 aromatic rings. The number of nitrogens with zero attached hydrogens (tertiary/aromatic N) is 1. The van der Waals surface area contributed by atoms with Gasteiger partial charge in [-0.25, -0.2) is 0 Å². The summed E-state index contributed by atoms with van der Waals surface area (Å²) in [6, 6.07) is 10.9. The molecule has 2 N–H and O–H groups in total. The molecule has 0 aromatic heterocycles. The first-order valence-corrected chi connectivity index (χ1v) is 9.21. The van der Waals surface area contributed by atoms with E-state index in [1.807, 2.05) is 13.0 Å². The number of hydrogen-bond acceptors (Lipinski definition) is 3. The van der Waals surface area contributed by atoms with E-state index < -0.39 is 6.10 Å². The fourth-order valence-electron chi connectivity index (χ4n) is 3.51. The number of carbonyl (C=O) groups is 1. The summed E-state index contributed by atoms with van der Waals surface area (Å²) >= 11 is 0. The van der Waals surface area contributed by atoms with Crippen molar-refractivity contribution in [1.29, 1.82) is 0 Å². The average molecular weight is 332 g/mol. The van der Waals surface area contributed by atoms with Crippen molar-refractivity contribution in [3.05, 3.63) is 35.9 Å². The van der Waals surface area contributed by atoms with Crippen LogP contribution in [0, 0.1) is 0 Å². The number of amides is 1. The van der Waals surface area contributed by atoms with Gasteiger partial charge in [0, 0.05) is 24.7 Å². The molecule has 1 heterocycles. The van der Waals surface area contributed by atoms with Crippen LogP contribution in [0.2, 0.25) is 0 Å². The third-order valence-corrected chi connectivity index (χ3v) is 5.17. The Morgan fingerprint density at radius 1 is 1.25 bits per heavy atom. The molecule has 0 saturated carbocycles. The number of aliphatic hydroxyl groups is 1. The maximum absolute atomic E-state index is 12.4.